The topological polar surface area (TPSA) is 70.1 Å². The molecule has 4 heterocycles. The highest BCUT2D eigenvalue weighted by molar-refractivity contribution is 5.80. The Hall–Kier alpha value is -3.81. The maximum absolute atomic E-state index is 14.7. The molecule has 0 saturated heterocycles. The SMILES string of the molecule is COc1cnc2ccc([C@@H](C)c3nnc4c(F)cc(-c5cnn(C)c5)cn34)cc2c1. The minimum absolute atomic E-state index is 0.112. The second-order valence-corrected chi connectivity index (χ2v) is 7.28. The minimum Gasteiger partial charge on any atom is -0.495 e. The van der Waals surface area contributed by atoms with Gasteiger partial charge >= 0.3 is 0 Å². The Bertz CT molecular complexity index is 1390. The Morgan fingerprint density at radius 1 is 1.03 bits per heavy atom. The first-order chi connectivity index (χ1) is 14.5. The molecule has 1 aromatic carbocycles. The van der Waals surface area contributed by atoms with Crippen molar-refractivity contribution in [2.45, 2.75) is 12.8 Å². The molecule has 1 atom stereocenters. The van der Waals surface area contributed by atoms with E-state index in [1.807, 2.05) is 44.6 Å². The summed E-state index contributed by atoms with van der Waals surface area (Å²) >= 11 is 0. The minimum atomic E-state index is -0.422. The summed E-state index contributed by atoms with van der Waals surface area (Å²) in [5.41, 5.74) is 3.65. The number of benzene rings is 1. The fraction of sp³-hybridized carbons (Fsp3) is 0.182. The van der Waals surface area contributed by atoms with Gasteiger partial charge in [-0.2, -0.15) is 5.10 Å². The zero-order chi connectivity index (χ0) is 20.8. The summed E-state index contributed by atoms with van der Waals surface area (Å²) in [6.07, 6.45) is 7.10. The molecule has 5 aromatic rings. The number of hydrogen-bond acceptors (Lipinski definition) is 5. The van der Waals surface area contributed by atoms with Crippen molar-refractivity contribution < 1.29 is 9.13 Å². The molecule has 5 rings (SSSR count). The summed E-state index contributed by atoms with van der Waals surface area (Å²) in [7, 11) is 3.44. The van der Waals surface area contributed by atoms with Crippen LogP contribution in [0.25, 0.3) is 27.7 Å². The smallest absolute Gasteiger partial charge is 0.196 e. The maximum Gasteiger partial charge on any atom is 0.196 e. The van der Waals surface area contributed by atoms with Crippen LogP contribution in [0.5, 0.6) is 5.75 Å². The highest BCUT2D eigenvalue weighted by Gasteiger charge is 2.19. The Balaban J connectivity index is 1.61. The Morgan fingerprint density at radius 3 is 2.67 bits per heavy atom. The summed E-state index contributed by atoms with van der Waals surface area (Å²) in [5, 5.41) is 13.5. The van der Waals surface area contributed by atoms with Crippen LogP contribution in [0.1, 0.15) is 24.2 Å². The highest BCUT2D eigenvalue weighted by atomic mass is 19.1. The van der Waals surface area contributed by atoms with E-state index in [1.165, 1.54) is 6.07 Å². The predicted octanol–water partition coefficient (Wildman–Crippen LogP) is 3.98. The maximum atomic E-state index is 14.7. The number of fused-ring (bicyclic) bond motifs is 2. The van der Waals surface area contributed by atoms with Crippen molar-refractivity contribution in [1.82, 2.24) is 29.4 Å². The Kier molecular flexibility index (Phi) is 4.20. The molecule has 0 saturated carbocycles. The second kappa shape index (κ2) is 6.91. The molecule has 30 heavy (non-hydrogen) atoms. The van der Waals surface area contributed by atoms with Gasteiger partial charge in [-0.3, -0.25) is 14.1 Å². The van der Waals surface area contributed by atoms with Gasteiger partial charge in [-0.1, -0.05) is 13.0 Å². The summed E-state index contributed by atoms with van der Waals surface area (Å²) in [6.45, 7) is 2.03. The van der Waals surface area contributed by atoms with Gasteiger partial charge in [0.2, 0.25) is 0 Å². The van der Waals surface area contributed by atoms with Crippen molar-refractivity contribution in [3.8, 4) is 16.9 Å². The largest absolute Gasteiger partial charge is 0.495 e. The predicted molar refractivity (Wildman–Crippen MR) is 111 cm³/mol. The van der Waals surface area contributed by atoms with Gasteiger partial charge in [0.1, 0.15) is 11.6 Å². The lowest BCUT2D eigenvalue weighted by atomic mass is 9.98. The second-order valence-electron chi connectivity index (χ2n) is 7.28. The lowest BCUT2D eigenvalue weighted by Gasteiger charge is -2.12. The highest BCUT2D eigenvalue weighted by Crippen LogP contribution is 2.29. The molecule has 8 heteroatoms. The molecule has 0 aliphatic rings. The number of hydrogen-bond donors (Lipinski definition) is 0. The number of pyridine rings is 2. The van der Waals surface area contributed by atoms with Gasteiger partial charge in [-0.15, -0.1) is 10.2 Å². The van der Waals surface area contributed by atoms with Crippen molar-refractivity contribution in [2.75, 3.05) is 7.11 Å². The standard InChI is InChI=1S/C22H19FN6O/c1-13(14-4-5-20-15(6-14)7-18(30-3)10-24-20)21-26-27-22-19(23)8-16(12-29(21)22)17-9-25-28(2)11-17/h4-13H,1-3H3/t13-/m1/s1. The van der Waals surface area contributed by atoms with E-state index < -0.39 is 5.82 Å². The Labute approximate surface area is 171 Å². The van der Waals surface area contributed by atoms with Crippen molar-refractivity contribution in [3.63, 3.8) is 0 Å². The van der Waals surface area contributed by atoms with Crippen molar-refractivity contribution in [1.29, 1.82) is 0 Å². The molecule has 0 N–H and O–H groups in total. The number of aromatic nitrogens is 6. The molecule has 0 amide bonds. The molecule has 7 nitrogen and oxygen atoms in total. The van der Waals surface area contributed by atoms with Crippen LogP contribution >= 0.6 is 0 Å². The zero-order valence-electron chi connectivity index (χ0n) is 16.7. The fourth-order valence-electron chi connectivity index (χ4n) is 3.65. The average Bonchev–Trinajstić information content (AvgIpc) is 3.39. The fourth-order valence-corrected chi connectivity index (χ4v) is 3.65. The number of halogens is 1. The van der Waals surface area contributed by atoms with Gasteiger partial charge in [0.25, 0.3) is 0 Å². The number of ether oxygens (including phenoxy) is 1. The van der Waals surface area contributed by atoms with Crippen molar-refractivity contribution in [3.05, 3.63) is 72.3 Å². The van der Waals surface area contributed by atoms with Crippen LogP contribution in [0.3, 0.4) is 0 Å². The van der Waals surface area contributed by atoms with Crippen LogP contribution in [-0.4, -0.2) is 36.5 Å². The quantitative estimate of drug-likeness (QED) is 0.455. The summed E-state index contributed by atoms with van der Waals surface area (Å²) in [4.78, 5) is 4.41. The molecule has 0 spiro atoms. The number of methoxy groups -OCH3 is 1. The van der Waals surface area contributed by atoms with E-state index >= 15 is 0 Å². The third-order valence-corrected chi connectivity index (χ3v) is 5.33. The van der Waals surface area contributed by atoms with E-state index in [-0.39, 0.29) is 11.6 Å². The zero-order valence-corrected chi connectivity index (χ0v) is 16.7. The van der Waals surface area contributed by atoms with Gasteiger partial charge in [0.05, 0.1) is 25.0 Å². The van der Waals surface area contributed by atoms with E-state index in [4.69, 9.17) is 4.74 Å². The molecule has 150 valence electrons. The molecule has 0 unspecified atom stereocenters. The normalized spacial score (nSPS) is 12.5. The van der Waals surface area contributed by atoms with E-state index in [9.17, 15) is 4.39 Å². The Morgan fingerprint density at radius 2 is 1.90 bits per heavy atom. The van der Waals surface area contributed by atoms with Crippen LogP contribution in [0.2, 0.25) is 0 Å². The molecule has 0 fully saturated rings. The molecular weight excluding hydrogens is 383 g/mol. The summed E-state index contributed by atoms with van der Waals surface area (Å²) in [6, 6.07) is 9.43. The van der Waals surface area contributed by atoms with E-state index in [0.717, 1.165) is 22.0 Å². The monoisotopic (exact) mass is 402 g/mol. The van der Waals surface area contributed by atoms with Crippen molar-refractivity contribution >= 4 is 16.6 Å². The first-order valence-electron chi connectivity index (χ1n) is 9.50. The summed E-state index contributed by atoms with van der Waals surface area (Å²) in [5.74, 6) is 0.821. The van der Waals surface area contributed by atoms with Crippen LogP contribution < -0.4 is 4.74 Å². The number of aryl methyl sites for hydroxylation is 1. The van der Waals surface area contributed by atoms with E-state index in [0.29, 0.717) is 17.1 Å². The third kappa shape index (κ3) is 2.97. The molecule has 0 radical (unpaired) electrons. The third-order valence-electron chi connectivity index (χ3n) is 5.33. The van der Waals surface area contributed by atoms with Crippen LogP contribution in [0, 0.1) is 5.82 Å². The van der Waals surface area contributed by atoms with E-state index in [2.05, 4.69) is 26.3 Å². The molecule has 0 bridgehead atoms. The van der Waals surface area contributed by atoms with Gasteiger partial charge in [-0.05, 0) is 29.8 Å². The first kappa shape index (κ1) is 18.2. The summed E-state index contributed by atoms with van der Waals surface area (Å²) < 4.78 is 23.4. The molecule has 0 aliphatic heterocycles. The number of nitrogens with zero attached hydrogens (tertiary/aromatic N) is 6. The lowest BCUT2D eigenvalue weighted by Crippen LogP contribution is -2.03. The van der Waals surface area contributed by atoms with Gasteiger partial charge < -0.3 is 4.74 Å². The van der Waals surface area contributed by atoms with Crippen LogP contribution in [-0.2, 0) is 7.05 Å². The average molecular weight is 402 g/mol. The molecule has 4 aromatic heterocycles. The first-order valence-corrected chi connectivity index (χ1v) is 9.50. The molecule has 0 aliphatic carbocycles. The van der Waals surface area contributed by atoms with Crippen LogP contribution in [0.15, 0.2) is 55.1 Å². The van der Waals surface area contributed by atoms with Crippen molar-refractivity contribution in [2.24, 2.45) is 7.05 Å². The van der Waals surface area contributed by atoms with Crippen LogP contribution in [0.4, 0.5) is 4.39 Å². The van der Waals surface area contributed by atoms with Gasteiger partial charge in [0, 0.05) is 41.9 Å². The number of rotatable bonds is 4. The molecular formula is C22H19FN6O. The van der Waals surface area contributed by atoms with Gasteiger partial charge in [0.15, 0.2) is 11.5 Å². The lowest BCUT2D eigenvalue weighted by molar-refractivity contribution is 0.414. The van der Waals surface area contributed by atoms with E-state index in [1.54, 1.807) is 28.6 Å². The van der Waals surface area contributed by atoms with Gasteiger partial charge in [-0.25, -0.2) is 4.39 Å².